The third kappa shape index (κ3) is 4.12. The molecule has 0 fully saturated rings. The number of nitrogens with two attached hydrogens (primary N) is 1. The maximum Gasteiger partial charge on any atom is 0.237 e. The Morgan fingerprint density at radius 3 is 2.86 bits per heavy atom. The van der Waals surface area contributed by atoms with Crippen molar-refractivity contribution >= 4 is 40.4 Å². The van der Waals surface area contributed by atoms with Gasteiger partial charge in [-0.05, 0) is 26.0 Å². The molecule has 1 heterocycles. The predicted octanol–water partition coefficient (Wildman–Crippen LogP) is 3.16. The highest BCUT2D eigenvalue weighted by molar-refractivity contribution is 8.02. The van der Waals surface area contributed by atoms with Gasteiger partial charge in [0.1, 0.15) is 5.75 Å². The monoisotopic (exact) mass is 323 g/mol. The Kier molecular flexibility index (Phi) is 5.08. The Hall–Kier alpha value is -1.73. The SMILES string of the molecule is COc1ccc(NC(=O)C(C)Sc2nc(C)cs2)c(N)c1. The molecule has 0 aliphatic heterocycles. The molecule has 0 radical (unpaired) electrons. The van der Waals surface area contributed by atoms with Crippen LogP contribution < -0.4 is 15.8 Å². The molecular formula is C14H17N3O2S2. The van der Waals surface area contributed by atoms with Crippen LogP contribution in [0.2, 0.25) is 0 Å². The Morgan fingerprint density at radius 1 is 1.52 bits per heavy atom. The van der Waals surface area contributed by atoms with Crippen molar-refractivity contribution in [1.29, 1.82) is 0 Å². The van der Waals surface area contributed by atoms with Gasteiger partial charge >= 0.3 is 0 Å². The molecule has 0 aliphatic rings. The summed E-state index contributed by atoms with van der Waals surface area (Å²) in [4.78, 5) is 16.5. The van der Waals surface area contributed by atoms with Gasteiger partial charge in [0, 0.05) is 17.1 Å². The summed E-state index contributed by atoms with van der Waals surface area (Å²) in [6.07, 6.45) is 0. The molecule has 0 aliphatic carbocycles. The fourth-order valence-corrected chi connectivity index (χ4v) is 3.59. The second-order valence-corrected chi connectivity index (χ2v) is 6.90. The Bertz CT molecular complexity index is 643. The maximum atomic E-state index is 12.2. The number of benzene rings is 1. The van der Waals surface area contributed by atoms with Crippen LogP contribution in [-0.2, 0) is 4.79 Å². The molecule has 1 unspecified atom stereocenters. The first-order valence-corrected chi connectivity index (χ1v) is 8.08. The molecule has 112 valence electrons. The predicted molar refractivity (Wildman–Crippen MR) is 88.2 cm³/mol. The summed E-state index contributed by atoms with van der Waals surface area (Å²) in [5, 5.41) is 4.54. The molecule has 1 aromatic carbocycles. The highest BCUT2D eigenvalue weighted by Gasteiger charge is 2.17. The van der Waals surface area contributed by atoms with Crippen molar-refractivity contribution in [3.63, 3.8) is 0 Å². The Morgan fingerprint density at radius 2 is 2.29 bits per heavy atom. The summed E-state index contributed by atoms with van der Waals surface area (Å²) in [5.41, 5.74) is 7.92. The molecule has 3 N–H and O–H groups in total. The van der Waals surface area contributed by atoms with Crippen molar-refractivity contribution in [3.05, 3.63) is 29.3 Å². The number of thiazole rings is 1. The van der Waals surface area contributed by atoms with E-state index in [1.54, 1.807) is 36.6 Å². The van der Waals surface area contributed by atoms with Crippen LogP contribution in [0.3, 0.4) is 0 Å². The number of aryl methyl sites for hydroxylation is 1. The van der Waals surface area contributed by atoms with Crippen LogP contribution in [0, 0.1) is 6.92 Å². The summed E-state index contributed by atoms with van der Waals surface area (Å²) < 4.78 is 5.97. The average Bonchev–Trinajstić information content (AvgIpc) is 2.86. The van der Waals surface area contributed by atoms with Crippen LogP contribution >= 0.6 is 23.1 Å². The summed E-state index contributed by atoms with van der Waals surface area (Å²) in [6, 6.07) is 5.17. The lowest BCUT2D eigenvalue weighted by Crippen LogP contribution is -2.22. The van der Waals surface area contributed by atoms with Gasteiger partial charge in [-0.2, -0.15) is 0 Å². The molecule has 5 nitrogen and oxygen atoms in total. The molecular weight excluding hydrogens is 306 g/mol. The molecule has 0 saturated heterocycles. The number of hydrogen-bond donors (Lipinski definition) is 2. The fraction of sp³-hybridized carbons (Fsp3) is 0.286. The number of nitrogens with zero attached hydrogens (tertiary/aromatic N) is 1. The van der Waals surface area contributed by atoms with Crippen LogP contribution in [0.1, 0.15) is 12.6 Å². The topological polar surface area (TPSA) is 77.2 Å². The third-order valence-electron chi connectivity index (χ3n) is 2.76. The number of methoxy groups -OCH3 is 1. The minimum Gasteiger partial charge on any atom is -0.497 e. The number of nitrogens with one attached hydrogen (secondary N) is 1. The zero-order chi connectivity index (χ0) is 15.4. The minimum atomic E-state index is -0.253. The van der Waals surface area contributed by atoms with E-state index in [0.717, 1.165) is 10.0 Å². The zero-order valence-corrected chi connectivity index (χ0v) is 13.7. The molecule has 0 saturated carbocycles. The van der Waals surface area contributed by atoms with E-state index in [0.29, 0.717) is 17.1 Å². The van der Waals surface area contributed by atoms with Gasteiger partial charge in [0.2, 0.25) is 5.91 Å². The van der Waals surface area contributed by atoms with E-state index in [2.05, 4.69) is 10.3 Å². The number of hydrogen-bond acceptors (Lipinski definition) is 6. The van der Waals surface area contributed by atoms with E-state index in [-0.39, 0.29) is 11.2 Å². The normalized spacial score (nSPS) is 12.0. The molecule has 0 spiro atoms. The number of carbonyl (C=O) groups excluding carboxylic acids is 1. The smallest absolute Gasteiger partial charge is 0.237 e. The number of amides is 1. The van der Waals surface area contributed by atoms with Gasteiger partial charge in [-0.1, -0.05) is 11.8 Å². The van der Waals surface area contributed by atoms with Gasteiger partial charge in [-0.15, -0.1) is 11.3 Å². The highest BCUT2D eigenvalue weighted by atomic mass is 32.2. The van der Waals surface area contributed by atoms with Crippen LogP contribution in [-0.4, -0.2) is 23.3 Å². The summed E-state index contributed by atoms with van der Waals surface area (Å²) >= 11 is 2.98. The van der Waals surface area contributed by atoms with Crippen molar-refractivity contribution < 1.29 is 9.53 Å². The van der Waals surface area contributed by atoms with E-state index in [9.17, 15) is 4.79 Å². The first-order valence-electron chi connectivity index (χ1n) is 6.32. The fourth-order valence-electron chi connectivity index (χ4n) is 1.61. The van der Waals surface area contributed by atoms with Crippen molar-refractivity contribution in [3.8, 4) is 5.75 Å². The average molecular weight is 323 g/mol. The number of rotatable bonds is 5. The Balaban J connectivity index is 2.00. The summed E-state index contributed by atoms with van der Waals surface area (Å²) in [5.74, 6) is 0.552. The van der Waals surface area contributed by atoms with Crippen molar-refractivity contribution in [2.75, 3.05) is 18.2 Å². The molecule has 1 aromatic heterocycles. The van der Waals surface area contributed by atoms with Gasteiger partial charge in [0.15, 0.2) is 4.34 Å². The van der Waals surface area contributed by atoms with E-state index >= 15 is 0 Å². The van der Waals surface area contributed by atoms with Gasteiger partial charge in [-0.25, -0.2) is 4.98 Å². The molecule has 7 heteroatoms. The van der Waals surface area contributed by atoms with Gasteiger partial charge in [0.25, 0.3) is 0 Å². The number of aromatic nitrogens is 1. The summed E-state index contributed by atoms with van der Waals surface area (Å²) in [7, 11) is 1.57. The van der Waals surface area contributed by atoms with Gasteiger partial charge in [-0.3, -0.25) is 4.79 Å². The molecule has 0 bridgehead atoms. The lowest BCUT2D eigenvalue weighted by Gasteiger charge is -2.13. The minimum absolute atomic E-state index is 0.107. The van der Waals surface area contributed by atoms with E-state index in [1.807, 2.05) is 19.2 Å². The maximum absolute atomic E-state index is 12.2. The van der Waals surface area contributed by atoms with Crippen LogP contribution in [0.4, 0.5) is 11.4 Å². The van der Waals surface area contributed by atoms with E-state index < -0.39 is 0 Å². The van der Waals surface area contributed by atoms with E-state index in [1.165, 1.54) is 11.8 Å². The van der Waals surface area contributed by atoms with Crippen molar-refractivity contribution in [2.45, 2.75) is 23.4 Å². The zero-order valence-electron chi connectivity index (χ0n) is 12.0. The standard InChI is InChI=1S/C14H17N3O2S2/c1-8-7-20-14(16-8)21-9(2)13(18)17-12-5-4-10(19-3)6-11(12)15/h4-7,9H,15H2,1-3H3,(H,17,18). The molecule has 1 amide bonds. The first-order chi connectivity index (χ1) is 9.99. The summed E-state index contributed by atoms with van der Waals surface area (Å²) in [6.45, 7) is 3.78. The number of ether oxygens (including phenoxy) is 1. The van der Waals surface area contributed by atoms with Crippen molar-refractivity contribution in [1.82, 2.24) is 4.98 Å². The lowest BCUT2D eigenvalue weighted by molar-refractivity contribution is -0.115. The highest BCUT2D eigenvalue weighted by Crippen LogP contribution is 2.29. The van der Waals surface area contributed by atoms with Gasteiger partial charge < -0.3 is 15.8 Å². The van der Waals surface area contributed by atoms with Gasteiger partial charge in [0.05, 0.1) is 23.7 Å². The number of carbonyl (C=O) groups is 1. The van der Waals surface area contributed by atoms with E-state index in [4.69, 9.17) is 10.5 Å². The number of nitrogen functional groups attached to an aromatic ring is 1. The van der Waals surface area contributed by atoms with Crippen LogP contribution in [0.5, 0.6) is 5.75 Å². The molecule has 21 heavy (non-hydrogen) atoms. The molecule has 1 atom stereocenters. The third-order valence-corrected chi connectivity index (χ3v) is 4.95. The number of thioether (sulfide) groups is 1. The first kappa shape index (κ1) is 15.7. The second-order valence-electron chi connectivity index (χ2n) is 4.46. The Labute approximate surface area is 131 Å². The lowest BCUT2D eigenvalue weighted by atomic mass is 10.2. The van der Waals surface area contributed by atoms with Crippen LogP contribution in [0.25, 0.3) is 0 Å². The quantitative estimate of drug-likeness (QED) is 0.653. The molecule has 2 aromatic rings. The second kappa shape index (κ2) is 6.82. The van der Waals surface area contributed by atoms with Crippen molar-refractivity contribution in [2.24, 2.45) is 0 Å². The number of anilines is 2. The molecule has 2 rings (SSSR count). The van der Waals surface area contributed by atoms with Crippen LogP contribution in [0.15, 0.2) is 27.9 Å². The largest absolute Gasteiger partial charge is 0.497 e.